The minimum atomic E-state index is -0.179. The molecule has 1 aromatic rings. The SMILES string of the molecule is CCOC(=O)[C@@H]1CCC(c2ccc(OC)c(C)c2C)N1. The summed E-state index contributed by atoms with van der Waals surface area (Å²) in [6.07, 6.45) is 1.78. The third kappa shape index (κ3) is 2.80. The highest BCUT2D eigenvalue weighted by molar-refractivity contribution is 5.76. The first-order valence-electron chi connectivity index (χ1n) is 7.15. The summed E-state index contributed by atoms with van der Waals surface area (Å²) < 4.78 is 10.4. The summed E-state index contributed by atoms with van der Waals surface area (Å²) in [5.41, 5.74) is 3.63. The van der Waals surface area contributed by atoms with Crippen LogP contribution in [0, 0.1) is 13.8 Å². The van der Waals surface area contributed by atoms with Crippen LogP contribution < -0.4 is 10.1 Å². The molecule has 1 N–H and O–H groups in total. The van der Waals surface area contributed by atoms with E-state index in [1.54, 1.807) is 7.11 Å². The zero-order valence-corrected chi connectivity index (χ0v) is 12.7. The van der Waals surface area contributed by atoms with Gasteiger partial charge in [-0.1, -0.05) is 6.07 Å². The zero-order valence-electron chi connectivity index (χ0n) is 12.7. The molecule has 0 aromatic heterocycles. The normalized spacial score (nSPS) is 21.8. The summed E-state index contributed by atoms with van der Waals surface area (Å²) in [5.74, 6) is 0.768. The number of carbonyl (C=O) groups excluding carboxylic acids is 1. The lowest BCUT2D eigenvalue weighted by atomic mass is 9.96. The monoisotopic (exact) mass is 277 g/mol. The Balaban J connectivity index is 2.14. The highest BCUT2D eigenvalue weighted by Gasteiger charge is 2.31. The van der Waals surface area contributed by atoms with Crippen LogP contribution in [0.2, 0.25) is 0 Å². The Morgan fingerprint density at radius 3 is 2.70 bits per heavy atom. The average molecular weight is 277 g/mol. The number of carbonyl (C=O) groups is 1. The van der Waals surface area contributed by atoms with Gasteiger partial charge in [-0.05, 0) is 56.4 Å². The number of methoxy groups -OCH3 is 1. The van der Waals surface area contributed by atoms with E-state index in [4.69, 9.17) is 9.47 Å². The Labute approximate surface area is 120 Å². The van der Waals surface area contributed by atoms with E-state index in [2.05, 4.69) is 25.2 Å². The molecule has 1 fully saturated rings. The van der Waals surface area contributed by atoms with Crippen molar-refractivity contribution in [3.63, 3.8) is 0 Å². The predicted molar refractivity (Wildman–Crippen MR) is 78.0 cm³/mol. The molecular formula is C16H23NO3. The molecule has 0 amide bonds. The number of esters is 1. The third-order valence-corrected chi connectivity index (χ3v) is 4.09. The molecule has 2 atom stereocenters. The van der Waals surface area contributed by atoms with Crippen LogP contribution in [0.5, 0.6) is 5.75 Å². The van der Waals surface area contributed by atoms with E-state index in [0.29, 0.717) is 6.61 Å². The van der Waals surface area contributed by atoms with Gasteiger partial charge in [-0.3, -0.25) is 10.1 Å². The van der Waals surface area contributed by atoms with Gasteiger partial charge in [0.1, 0.15) is 11.8 Å². The summed E-state index contributed by atoms with van der Waals surface area (Å²) in [4.78, 5) is 11.8. The fourth-order valence-corrected chi connectivity index (χ4v) is 2.83. The van der Waals surface area contributed by atoms with E-state index in [9.17, 15) is 4.79 Å². The van der Waals surface area contributed by atoms with Gasteiger partial charge >= 0.3 is 5.97 Å². The van der Waals surface area contributed by atoms with Gasteiger partial charge in [0.2, 0.25) is 0 Å². The lowest BCUT2D eigenvalue weighted by molar-refractivity contribution is -0.145. The van der Waals surface area contributed by atoms with Crippen molar-refractivity contribution in [3.05, 3.63) is 28.8 Å². The van der Waals surface area contributed by atoms with Crippen molar-refractivity contribution < 1.29 is 14.3 Å². The molecule has 1 saturated heterocycles. The highest BCUT2D eigenvalue weighted by Crippen LogP contribution is 2.33. The molecule has 1 aliphatic heterocycles. The quantitative estimate of drug-likeness (QED) is 0.860. The minimum Gasteiger partial charge on any atom is -0.496 e. The largest absolute Gasteiger partial charge is 0.496 e. The van der Waals surface area contributed by atoms with E-state index < -0.39 is 0 Å². The molecule has 2 rings (SSSR count). The summed E-state index contributed by atoms with van der Waals surface area (Å²) in [7, 11) is 1.69. The van der Waals surface area contributed by atoms with E-state index in [1.807, 2.05) is 13.0 Å². The fraction of sp³-hybridized carbons (Fsp3) is 0.562. The van der Waals surface area contributed by atoms with Crippen LogP contribution in [0.1, 0.15) is 42.5 Å². The molecule has 0 spiro atoms. The summed E-state index contributed by atoms with van der Waals surface area (Å²) >= 11 is 0. The maximum Gasteiger partial charge on any atom is 0.323 e. The molecule has 1 unspecified atom stereocenters. The van der Waals surface area contributed by atoms with E-state index in [1.165, 1.54) is 11.1 Å². The zero-order chi connectivity index (χ0) is 14.7. The molecule has 1 aromatic carbocycles. The second kappa shape index (κ2) is 6.27. The van der Waals surface area contributed by atoms with E-state index in [0.717, 1.165) is 24.2 Å². The fourth-order valence-electron chi connectivity index (χ4n) is 2.83. The van der Waals surface area contributed by atoms with Crippen LogP contribution >= 0.6 is 0 Å². The van der Waals surface area contributed by atoms with Crippen LogP contribution in [0.25, 0.3) is 0 Å². The van der Waals surface area contributed by atoms with Gasteiger partial charge in [-0.2, -0.15) is 0 Å². The topological polar surface area (TPSA) is 47.6 Å². The van der Waals surface area contributed by atoms with Gasteiger partial charge in [-0.25, -0.2) is 0 Å². The standard InChI is InChI=1S/C16H23NO3/c1-5-20-16(18)14-8-7-13(17-14)12-6-9-15(19-4)11(3)10(12)2/h6,9,13-14,17H,5,7-8H2,1-4H3/t13?,14-/m0/s1. The van der Waals surface area contributed by atoms with Crippen molar-refractivity contribution in [1.29, 1.82) is 0 Å². The Morgan fingerprint density at radius 2 is 2.05 bits per heavy atom. The molecule has 1 aliphatic rings. The lowest BCUT2D eigenvalue weighted by Gasteiger charge is -2.18. The molecular weight excluding hydrogens is 254 g/mol. The Kier molecular flexibility index (Phi) is 4.65. The first kappa shape index (κ1) is 14.9. The van der Waals surface area contributed by atoms with Crippen molar-refractivity contribution in [2.45, 2.75) is 45.7 Å². The first-order chi connectivity index (χ1) is 9.58. The second-order valence-corrected chi connectivity index (χ2v) is 5.21. The number of hydrogen-bond donors (Lipinski definition) is 1. The molecule has 1 heterocycles. The Morgan fingerprint density at radius 1 is 1.30 bits per heavy atom. The van der Waals surface area contributed by atoms with Gasteiger partial charge in [0.05, 0.1) is 13.7 Å². The molecule has 0 saturated carbocycles. The van der Waals surface area contributed by atoms with Gasteiger partial charge < -0.3 is 9.47 Å². The predicted octanol–water partition coefficient (Wildman–Crippen LogP) is 2.67. The number of rotatable bonds is 4. The number of nitrogens with one attached hydrogen (secondary N) is 1. The first-order valence-corrected chi connectivity index (χ1v) is 7.15. The highest BCUT2D eigenvalue weighted by atomic mass is 16.5. The number of ether oxygens (including phenoxy) is 2. The lowest BCUT2D eigenvalue weighted by Crippen LogP contribution is -2.33. The maximum atomic E-state index is 11.8. The number of hydrogen-bond acceptors (Lipinski definition) is 4. The molecule has 0 radical (unpaired) electrons. The van der Waals surface area contributed by atoms with Gasteiger partial charge in [0, 0.05) is 6.04 Å². The van der Waals surface area contributed by atoms with Crippen molar-refractivity contribution in [2.24, 2.45) is 0 Å². The van der Waals surface area contributed by atoms with E-state index in [-0.39, 0.29) is 18.1 Å². The molecule has 0 bridgehead atoms. The van der Waals surface area contributed by atoms with Crippen LogP contribution in [-0.4, -0.2) is 25.7 Å². The van der Waals surface area contributed by atoms with Gasteiger partial charge in [0.25, 0.3) is 0 Å². The smallest absolute Gasteiger partial charge is 0.323 e. The van der Waals surface area contributed by atoms with Gasteiger partial charge in [0.15, 0.2) is 0 Å². The van der Waals surface area contributed by atoms with Crippen molar-refractivity contribution in [1.82, 2.24) is 5.32 Å². The molecule has 20 heavy (non-hydrogen) atoms. The van der Waals surface area contributed by atoms with Crippen LogP contribution in [0.3, 0.4) is 0 Å². The molecule has 4 nitrogen and oxygen atoms in total. The second-order valence-electron chi connectivity index (χ2n) is 5.21. The van der Waals surface area contributed by atoms with Gasteiger partial charge in [-0.15, -0.1) is 0 Å². The van der Waals surface area contributed by atoms with Crippen molar-refractivity contribution in [3.8, 4) is 5.75 Å². The summed E-state index contributed by atoms with van der Waals surface area (Å²) in [6, 6.07) is 4.12. The molecule has 0 aliphatic carbocycles. The summed E-state index contributed by atoms with van der Waals surface area (Å²) in [5, 5.41) is 3.38. The third-order valence-electron chi connectivity index (χ3n) is 4.09. The van der Waals surface area contributed by atoms with Crippen molar-refractivity contribution in [2.75, 3.05) is 13.7 Å². The van der Waals surface area contributed by atoms with Crippen LogP contribution in [0.15, 0.2) is 12.1 Å². The summed E-state index contributed by atoms with van der Waals surface area (Å²) in [6.45, 7) is 6.44. The maximum absolute atomic E-state index is 11.8. The average Bonchev–Trinajstić information content (AvgIpc) is 2.91. The Hall–Kier alpha value is -1.55. The molecule has 110 valence electrons. The van der Waals surface area contributed by atoms with Crippen molar-refractivity contribution >= 4 is 5.97 Å². The molecule has 4 heteroatoms. The number of benzene rings is 1. The minimum absolute atomic E-state index is 0.141. The van der Waals surface area contributed by atoms with Crippen LogP contribution in [-0.2, 0) is 9.53 Å². The van der Waals surface area contributed by atoms with Crippen LogP contribution in [0.4, 0.5) is 0 Å². The van der Waals surface area contributed by atoms with E-state index >= 15 is 0 Å². The Bertz CT molecular complexity index is 499.